The SMILES string of the molecule is Cn1c(CC2CCS(=O)(=O)C2)nnc1Sc1cnc2ccccc2n1. The molecule has 4 rings (SSSR count). The van der Waals surface area contributed by atoms with Crippen molar-refractivity contribution in [3.8, 4) is 0 Å². The van der Waals surface area contributed by atoms with Crippen LogP contribution in [0.3, 0.4) is 0 Å². The second-order valence-corrected chi connectivity index (χ2v) is 9.45. The van der Waals surface area contributed by atoms with Gasteiger partial charge in [0.1, 0.15) is 10.9 Å². The largest absolute Gasteiger partial charge is 0.309 e. The zero-order chi connectivity index (χ0) is 17.4. The number of fused-ring (bicyclic) bond motifs is 1. The van der Waals surface area contributed by atoms with Crippen molar-refractivity contribution < 1.29 is 8.42 Å². The van der Waals surface area contributed by atoms with Gasteiger partial charge in [-0.25, -0.2) is 13.4 Å². The van der Waals surface area contributed by atoms with Crippen LogP contribution in [0.15, 0.2) is 40.6 Å². The quantitative estimate of drug-likeness (QED) is 0.688. The Labute approximate surface area is 149 Å². The van der Waals surface area contributed by atoms with Gasteiger partial charge in [-0.2, -0.15) is 0 Å². The van der Waals surface area contributed by atoms with Crippen LogP contribution in [0.2, 0.25) is 0 Å². The van der Waals surface area contributed by atoms with Crippen molar-refractivity contribution in [1.82, 2.24) is 24.7 Å². The van der Waals surface area contributed by atoms with Crippen molar-refractivity contribution in [2.24, 2.45) is 13.0 Å². The van der Waals surface area contributed by atoms with Crippen LogP contribution in [0.5, 0.6) is 0 Å². The van der Waals surface area contributed by atoms with Crippen molar-refractivity contribution in [3.63, 3.8) is 0 Å². The summed E-state index contributed by atoms with van der Waals surface area (Å²) < 4.78 is 25.1. The summed E-state index contributed by atoms with van der Waals surface area (Å²) in [6.07, 6.45) is 3.06. The fourth-order valence-electron chi connectivity index (χ4n) is 2.99. The number of hydrogen-bond acceptors (Lipinski definition) is 7. The lowest BCUT2D eigenvalue weighted by Crippen LogP contribution is -2.11. The second kappa shape index (κ2) is 6.38. The normalized spacial score (nSPS) is 19.5. The maximum atomic E-state index is 11.6. The topological polar surface area (TPSA) is 90.6 Å². The molecule has 3 heterocycles. The van der Waals surface area contributed by atoms with E-state index in [9.17, 15) is 8.42 Å². The maximum absolute atomic E-state index is 11.6. The Morgan fingerprint density at radius 2 is 2.04 bits per heavy atom. The molecule has 0 aliphatic carbocycles. The molecule has 1 fully saturated rings. The third-order valence-corrected chi connectivity index (χ3v) is 7.13. The van der Waals surface area contributed by atoms with Crippen LogP contribution in [0.1, 0.15) is 12.2 Å². The first-order valence-electron chi connectivity index (χ1n) is 7.98. The summed E-state index contributed by atoms with van der Waals surface area (Å²) in [5.41, 5.74) is 1.69. The predicted molar refractivity (Wildman–Crippen MR) is 95.1 cm³/mol. The third-order valence-electron chi connectivity index (χ3n) is 4.35. The third kappa shape index (κ3) is 3.52. The van der Waals surface area contributed by atoms with E-state index >= 15 is 0 Å². The molecule has 0 radical (unpaired) electrons. The van der Waals surface area contributed by atoms with Gasteiger partial charge in [0, 0.05) is 13.5 Å². The minimum absolute atomic E-state index is 0.131. The van der Waals surface area contributed by atoms with Crippen molar-refractivity contribution in [2.45, 2.75) is 23.0 Å². The van der Waals surface area contributed by atoms with Gasteiger partial charge in [-0.1, -0.05) is 12.1 Å². The van der Waals surface area contributed by atoms with Crippen molar-refractivity contribution >= 4 is 32.6 Å². The maximum Gasteiger partial charge on any atom is 0.197 e. The first-order chi connectivity index (χ1) is 12.0. The van der Waals surface area contributed by atoms with E-state index in [0.717, 1.165) is 27.0 Å². The van der Waals surface area contributed by atoms with Gasteiger partial charge in [0.2, 0.25) is 0 Å². The summed E-state index contributed by atoms with van der Waals surface area (Å²) >= 11 is 1.41. The Balaban J connectivity index is 1.52. The minimum Gasteiger partial charge on any atom is -0.309 e. The van der Waals surface area contributed by atoms with E-state index in [1.54, 1.807) is 6.20 Å². The summed E-state index contributed by atoms with van der Waals surface area (Å²) in [6.45, 7) is 0. The Hall–Kier alpha value is -2.00. The molecule has 0 bridgehead atoms. The monoisotopic (exact) mass is 375 g/mol. The summed E-state index contributed by atoms with van der Waals surface area (Å²) in [6, 6.07) is 7.71. The van der Waals surface area contributed by atoms with Gasteiger partial charge in [-0.3, -0.25) is 4.98 Å². The molecule has 1 saturated heterocycles. The lowest BCUT2D eigenvalue weighted by atomic mass is 10.1. The number of sulfone groups is 1. The number of rotatable bonds is 4. The Kier molecular flexibility index (Phi) is 4.20. The van der Waals surface area contributed by atoms with Crippen LogP contribution in [-0.2, 0) is 23.3 Å². The van der Waals surface area contributed by atoms with Crippen LogP contribution in [0.25, 0.3) is 11.0 Å². The van der Waals surface area contributed by atoms with Crippen molar-refractivity contribution in [2.75, 3.05) is 11.5 Å². The molecule has 1 aliphatic heterocycles. The summed E-state index contributed by atoms with van der Waals surface area (Å²) in [5.74, 6) is 1.46. The predicted octanol–water partition coefficient (Wildman–Crippen LogP) is 1.89. The molecule has 0 N–H and O–H groups in total. The van der Waals surface area contributed by atoms with E-state index < -0.39 is 9.84 Å². The fourth-order valence-corrected chi connectivity index (χ4v) is 5.61. The molecule has 1 unspecified atom stereocenters. The van der Waals surface area contributed by atoms with E-state index in [0.29, 0.717) is 12.8 Å². The average Bonchev–Trinajstić information content (AvgIpc) is 3.11. The van der Waals surface area contributed by atoms with Crippen molar-refractivity contribution in [3.05, 3.63) is 36.3 Å². The summed E-state index contributed by atoms with van der Waals surface area (Å²) in [5, 5.41) is 9.94. The fraction of sp³-hybridized carbons (Fsp3) is 0.375. The van der Waals surface area contributed by atoms with Gasteiger partial charge in [-0.05, 0) is 36.2 Å². The van der Waals surface area contributed by atoms with Gasteiger partial charge in [0.15, 0.2) is 15.0 Å². The molecule has 7 nitrogen and oxygen atoms in total. The molecular formula is C16H17N5O2S2. The van der Waals surface area contributed by atoms with E-state index in [1.165, 1.54) is 11.8 Å². The number of benzene rings is 1. The molecule has 0 amide bonds. The molecule has 25 heavy (non-hydrogen) atoms. The van der Waals surface area contributed by atoms with Crippen LogP contribution < -0.4 is 0 Å². The molecule has 1 aromatic carbocycles. The smallest absolute Gasteiger partial charge is 0.197 e. The second-order valence-electron chi connectivity index (χ2n) is 6.23. The molecule has 130 valence electrons. The number of para-hydroxylation sites is 2. The van der Waals surface area contributed by atoms with Crippen LogP contribution in [-0.4, -0.2) is 44.7 Å². The first-order valence-corrected chi connectivity index (χ1v) is 10.6. The van der Waals surface area contributed by atoms with Crippen LogP contribution in [0.4, 0.5) is 0 Å². The highest BCUT2D eigenvalue weighted by atomic mass is 32.2. The first kappa shape index (κ1) is 16.5. The highest BCUT2D eigenvalue weighted by Crippen LogP contribution is 2.27. The van der Waals surface area contributed by atoms with E-state index in [1.807, 2.05) is 35.9 Å². The van der Waals surface area contributed by atoms with Gasteiger partial charge < -0.3 is 4.57 Å². The molecule has 0 spiro atoms. The molecule has 2 aromatic heterocycles. The molecule has 0 saturated carbocycles. The van der Waals surface area contributed by atoms with Crippen molar-refractivity contribution in [1.29, 1.82) is 0 Å². The van der Waals surface area contributed by atoms with Crippen LogP contribution in [0, 0.1) is 5.92 Å². The Morgan fingerprint density at radius 3 is 2.80 bits per heavy atom. The number of nitrogens with zero attached hydrogens (tertiary/aromatic N) is 5. The van der Waals surface area contributed by atoms with E-state index in [-0.39, 0.29) is 17.4 Å². The molecule has 1 aliphatic rings. The number of aromatic nitrogens is 5. The summed E-state index contributed by atoms with van der Waals surface area (Å²) in [7, 11) is -0.973. The highest BCUT2D eigenvalue weighted by molar-refractivity contribution is 7.99. The van der Waals surface area contributed by atoms with E-state index in [4.69, 9.17) is 0 Å². The Bertz CT molecular complexity index is 1030. The van der Waals surface area contributed by atoms with Gasteiger partial charge in [0.25, 0.3) is 0 Å². The lowest BCUT2D eigenvalue weighted by Gasteiger charge is -2.07. The van der Waals surface area contributed by atoms with Gasteiger partial charge in [-0.15, -0.1) is 10.2 Å². The lowest BCUT2D eigenvalue weighted by molar-refractivity contribution is 0.552. The minimum atomic E-state index is -2.87. The molecule has 9 heteroatoms. The van der Waals surface area contributed by atoms with E-state index in [2.05, 4.69) is 20.2 Å². The van der Waals surface area contributed by atoms with Gasteiger partial charge in [0.05, 0.1) is 28.7 Å². The molecular weight excluding hydrogens is 358 g/mol. The zero-order valence-corrected chi connectivity index (χ0v) is 15.3. The molecule has 3 aromatic rings. The van der Waals surface area contributed by atoms with Gasteiger partial charge >= 0.3 is 0 Å². The standard InChI is InChI=1S/C16H17N5O2S2/c1-21-14(8-11-6-7-25(22,23)10-11)19-20-16(21)24-15-9-17-12-4-2-3-5-13(12)18-15/h2-5,9,11H,6-8,10H2,1H3. The zero-order valence-electron chi connectivity index (χ0n) is 13.7. The Morgan fingerprint density at radius 1 is 1.24 bits per heavy atom. The molecule has 1 atom stereocenters. The highest BCUT2D eigenvalue weighted by Gasteiger charge is 2.29. The van der Waals surface area contributed by atoms with Crippen LogP contribution >= 0.6 is 11.8 Å². The average molecular weight is 375 g/mol. The number of hydrogen-bond donors (Lipinski definition) is 0. The summed E-state index contributed by atoms with van der Waals surface area (Å²) in [4.78, 5) is 8.99.